The molecule has 0 saturated carbocycles. The number of hydrogen-bond donors (Lipinski definition) is 0. The first-order valence-corrected chi connectivity index (χ1v) is 9.84. The van der Waals surface area contributed by atoms with Gasteiger partial charge in [-0.25, -0.2) is 15.0 Å². The van der Waals surface area contributed by atoms with Crippen LogP contribution < -0.4 is 9.80 Å². The Kier molecular flexibility index (Phi) is 5.22. The third-order valence-electron chi connectivity index (χ3n) is 4.60. The molecule has 1 saturated heterocycles. The summed E-state index contributed by atoms with van der Waals surface area (Å²) in [7, 11) is 0. The number of aryl methyl sites for hydroxylation is 1. The quantitative estimate of drug-likeness (QED) is 0.608. The number of pyridine rings is 2. The third-order valence-corrected chi connectivity index (χ3v) is 5.31. The first kappa shape index (κ1) is 18.1. The van der Waals surface area contributed by atoms with Crippen molar-refractivity contribution in [2.75, 3.05) is 36.0 Å². The molecule has 0 unspecified atom stereocenters. The molecule has 0 aromatic carbocycles. The minimum Gasteiger partial charge on any atom is -0.353 e. The molecule has 1 aliphatic rings. The number of halogens is 2. The van der Waals surface area contributed by atoms with E-state index in [1.165, 1.54) is 0 Å². The number of anilines is 2. The van der Waals surface area contributed by atoms with Crippen molar-refractivity contribution in [1.29, 1.82) is 0 Å². The Hall–Kier alpha value is -2.25. The van der Waals surface area contributed by atoms with Crippen molar-refractivity contribution in [2.24, 2.45) is 0 Å². The molecule has 4 heterocycles. The zero-order chi connectivity index (χ0) is 18.8. The van der Waals surface area contributed by atoms with Crippen LogP contribution in [0.25, 0.3) is 11.3 Å². The highest BCUT2D eigenvalue weighted by atomic mass is 79.9. The van der Waals surface area contributed by atoms with E-state index in [0.717, 1.165) is 59.2 Å². The molecule has 1 aliphatic heterocycles. The summed E-state index contributed by atoms with van der Waals surface area (Å²) in [5.41, 5.74) is 2.90. The second-order valence-corrected chi connectivity index (χ2v) is 7.69. The molecule has 0 bridgehead atoms. The highest BCUT2D eigenvalue weighted by Crippen LogP contribution is 2.31. The topological polar surface area (TPSA) is 58.0 Å². The highest BCUT2D eigenvalue weighted by molar-refractivity contribution is 9.10. The highest BCUT2D eigenvalue weighted by Gasteiger charge is 2.21. The van der Waals surface area contributed by atoms with E-state index in [2.05, 4.69) is 45.7 Å². The van der Waals surface area contributed by atoms with Gasteiger partial charge in [0.15, 0.2) is 0 Å². The number of rotatable bonds is 3. The standard InChI is InChI=1S/C19H18BrClN6/c1-13-3-2-4-22-18(13)15-9-17(23-12-16(15)21)26-5-7-27(8-6-26)19-24-10-14(20)11-25-19/h2-4,9-12H,5-8H2,1H3. The van der Waals surface area contributed by atoms with Crippen LogP contribution in [0.4, 0.5) is 11.8 Å². The Morgan fingerprint density at radius 2 is 1.67 bits per heavy atom. The fourth-order valence-corrected chi connectivity index (χ4v) is 3.55. The average molecular weight is 446 g/mol. The van der Waals surface area contributed by atoms with Gasteiger partial charge in [-0.3, -0.25) is 4.98 Å². The predicted octanol–water partition coefficient (Wildman–Crippen LogP) is 3.98. The molecule has 0 amide bonds. The van der Waals surface area contributed by atoms with Gasteiger partial charge in [-0.15, -0.1) is 0 Å². The maximum Gasteiger partial charge on any atom is 0.225 e. The molecule has 0 spiro atoms. The summed E-state index contributed by atoms with van der Waals surface area (Å²) in [5.74, 6) is 1.67. The lowest BCUT2D eigenvalue weighted by atomic mass is 10.1. The van der Waals surface area contributed by atoms with Crippen molar-refractivity contribution in [2.45, 2.75) is 6.92 Å². The molecular weight excluding hydrogens is 428 g/mol. The fraction of sp³-hybridized carbons (Fsp3) is 0.263. The summed E-state index contributed by atoms with van der Waals surface area (Å²) >= 11 is 9.78. The molecule has 6 nitrogen and oxygen atoms in total. The summed E-state index contributed by atoms with van der Waals surface area (Å²) in [6.45, 7) is 5.40. The normalized spacial score (nSPS) is 14.5. The first-order valence-electron chi connectivity index (χ1n) is 8.67. The van der Waals surface area contributed by atoms with E-state index in [0.29, 0.717) is 5.02 Å². The van der Waals surface area contributed by atoms with Crippen molar-refractivity contribution in [3.63, 3.8) is 0 Å². The molecule has 3 aromatic rings. The molecule has 0 N–H and O–H groups in total. The van der Waals surface area contributed by atoms with Crippen LogP contribution in [0.5, 0.6) is 0 Å². The van der Waals surface area contributed by atoms with Gasteiger partial charge in [0, 0.05) is 56.5 Å². The molecular formula is C19H18BrClN6. The van der Waals surface area contributed by atoms with Gasteiger partial charge in [0.05, 0.1) is 15.2 Å². The SMILES string of the molecule is Cc1cccnc1-c1cc(N2CCN(c3ncc(Br)cn3)CC2)ncc1Cl. The summed E-state index contributed by atoms with van der Waals surface area (Å²) < 4.78 is 0.882. The summed E-state index contributed by atoms with van der Waals surface area (Å²) in [4.78, 5) is 22.2. The van der Waals surface area contributed by atoms with Crippen LogP contribution in [0, 0.1) is 6.92 Å². The van der Waals surface area contributed by atoms with Crippen molar-refractivity contribution in [3.05, 3.63) is 58.0 Å². The molecule has 27 heavy (non-hydrogen) atoms. The molecule has 0 aliphatic carbocycles. The Balaban J connectivity index is 1.53. The largest absolute Gasteiger partial charge is 0.353 e. The second-order valence-electron chi connectivity index (χ2n) is 6.37. The van der Waals surface area contributed by atoms with Gasteiger partial charge < -0.3 is 9.80 Å². The molecule has 138 valence electrons. The van der Waals surface area contributed by atoms with Gasteiger partial charge in [0.1, 0.15) is 5.82 Å². The lowest BCUT2D eigenvalue weighted by Gasteiger charge is -2.35. The average Bonchev–Trinajstić information content (AvgIpc) is 2.70. The Morgan fingerprint density at radius 1 is 0.963 bits per heavy atom. The van der Waals surface area contributed by atoms with Crippen molar-refractivity contribution >= 4 is 39.3 Å². The van der Waals surface area contributed by atoms with E-state index < -0.39 is 0 Å². The predicted molar refractivity (Wildman–Crippen MR) is 111 cm³/mol. The minimum atomic E-state index is 0.613. The number of hydrogen-bond acceptors (Lipinski definition) is 6. The van der Waals surface area contributed by atoms with Gasteiger partial charge in [0.2, 0.25) is 5.95 Å². The van der Waals surface area contributed by atoms with Crippen LogP contribution in [0.1, 0.15) is 5.56 Å². The Morgan fingerprint density at radius 3 is 2.37 bits per heavy atom. The Bertz CT molecular complexity index is 941. The van der Waals surface area contributed by atoms with E-state index in [-0.39, 0.29) is 0 Å². The van der Waals surface area contributed by atoms with E-state index in [1.54, 1.807) is 24.8 Å². The van der Waals surface area contributed by atoms with Crippen LogP contribution in [0.3, 0.4) is 0 Å². The molecule has 8 heteroatoms. The molecule has 0 atom stereocenters. The van der Waals surface area contributed by atoms with Crippen molar-refractivity contribution in [1.82, 2.24) is 19.9 Å². The smallest absolute Gasteiger partial charge is 0.225 e. The second kappa shape index (κ2) is 7.78. The molecule has 4 rings (SSSR count). The van der Waals surface area contributed by atoms with Gasteiger partial charge >= 0.3 is 0 Å². The van der Waals surface area contributed by atoms with Crippen LogP contribution in [-0.2, 0) is 0 Å². The van der Waals surface area contributed by atoms with Crippen LogP contribution in [0.15, 0.2) is 47.5 Å². The van der Waals surface area contributed by atoms with Crippen molar-refractivity contribution in [3.8, 4) is 11.3 Å². The summed E-state index contributed by atoms with van der Waals surface area (Å²) in [6.07, 6.45) is 7.05. The number of aromatic nitrogens is 4. The van der Waals surface area contributed by atoms with E-state index in [9.17, 15) is 0 Å². The molecule has 3 aromatic heterocycles. The first-order chi connectivity index (χ1) is 13.1. The van der Waals surface area contributed by atoms with Gasteiger partial charge in [-0.05, 0) is 40.5 Å². The summed E-state index contributed by atoms with van der Waals surface area (Å²) in [6, 6.07) is 6.00. The maximum absolute atomic E-state index is 6.41. The minimum absolute atomic E-state index is 0.613. The fourth-order valence-electron chi connectivity index (χ4n) is 3.15. The number of nitrogens with zero attached hydrogens (tertiary/aromatic N) is 6. The van der Waals surface area contributed by atoms with Crippen LogP contribution in [0.2, 0.25) is 5.02 Å². The molecule has 1 fully saturated rings. The van der Waals surface area contributed by atoms with E-state index in [1.807, 2.05) is 25.1 Å². The summed E-state index contributed by atoms with van der Waals surface area (Å²) in [5, 5.41) is 0.613. The third kappa shape index (κ3) is 3.89. The van der Waals surface area contributed by atoms with E-state index in [4.69, 9.17) is 11.6 Å². The van der Waals surface area contributed by atoms with Crippen LogP contribution >= 0.6 is 27.5 Å². The monoisotopic (exact) mass is 444 g/mol. The van der Waals surface area contributed by atoms with E-state index >= 15 is 0 Å². The zero-order valence-corrected chi connectivity index (χ0v) is 17.2. The Labute approximate surface area is 171 Å². The zero-order valence-electron chi connectivity index (χ0n) is 14.8. The van der Waals surface area contributed by atoms with Gasteiger partial charge in [0.25, 0.3) is 0 Å². The molecule has 0 radical (unpaired) electrons. The van der Waals surface area contributed by atoms with Gasteiger partial charge in [-0.2, -0.15) is 0 Å². The van der Waals surface area contributed by atoms with Crippen molar-refractivity contribution < 1.29 is 0 Å². The lowest BCUT2D eigenvalue weighted by Crippen LogP contribution is -2.47. The lowest BCUT2D eigenvalue weighted by molar-refractivity contribution is 0.634. The maximum atomic E-state index is 6.41. The van der Waals surface area contributed by atoms with Crippen LogP contribution in [-0.4, -0.2) is 46.1 Å². The number of piperazine rings is 1. The van der Waals surface area contributed by atoms with Gasteiger partial charge in [-0.1, -0.05) is 17.7 Å².